The lowest BCUT2D eigenvalue weighted by molar-refractivity contribution is 0.416. The number of rotatable bonds is 4. The second-order valence-electron chi connectivity index (χ2n) is 6.13. The second kappa shape index (κ2) is 6.49. The summed E-state index contributed by atoms with van der Waals surface area (Å²) in [5, 5.41) is 18.5. The highest BCUT2D eigenvalue weighted by Crippen LogP contribution is 2.40. The molecule has 134 valence electrons. The summed E-state index contributed by atoms with van der Waals surface area (Å²) in [6.45, 7) is 0. The quantitative estimate of drug-likeness (QED) is 0.328. The van der Waals surface area contributed by atoms with Crippen molar-refractivity contribution in [2.75, 3.05) is 7.11 Å². The van der Waals surface area contributed by atoms with Gasteiger partial charge in [-0.25, -0.2) is 4.98 Å². The van der Waals surface area contributed by atoms with Crippen LogP contribution in [0.4, 0.5) is 0 Å². The number of amidine groups is 1. The van der Waals surface area contributed by atoms with Crippen LogP contribution in [0, 0.1) is 5.41 Å². The molecule has 5 N–H and O–H groups in total. The number of nitrogens with one attached hydrogen (secondary N) is 2. The zero-order chi connectivity index (χ0) is 19.0. The maximum Gasteiger partial charge on any atom is 0.142 e. The first-order chi connectivity index (χ1) is 13.1. The van der Waals surface area contributed by atoms with E-state index in [1.54, 1.807) is 31.4 Å². The number of aromatic hydroxyl groups is 1. The number of phenolic OH excluding ortho intramolecular Hbond substituents is 1. The highest BCUT2D eigenvalue weighted by Gasteiger charge is 2.16. The molecule has 0 radical (unpaired) electrons. The number of nitrogen functional groups attached to an aromatic ring is 1. The first-order valence-corrected chi connectivity index (χ1v) is 8.38. The zero-order valence-corrected chi connectivity index (χ0v) is 14.7. The third-order valence-electron chi connectivity index (χ3n) is 4.48. The number of phenols is 1. The minimum Gasteiger partial charge on any atom is -0.507 e. The van der Waals surface area contributed by atoms with Gasteiger partial charge in [0.1, 0.15) is 23.2 Å². The van der Waals surface area contributed by atoms with Crippen LogP contribution in [0.3, 0.4) is 0 Å². The Bertz CT molecular complexity index is 1160. The van der Waals surface area contributed by atoms with Crippen LogP contribution in [0.2, 0.25) is 0 Å². The summed E-state index contributed by atoms with van der Waals surface area (Å²) in [5.74, 6) is 1.34. The van der Waals surface area contributed by atoms with Crippen LogP contribution in [0.15, 0.2) is 60.7 Å². The van der Waals surface area contributed by atoms with Crippen LogP contribution in [0.1, 0.15) is 5.56 Å². The van der Waals surface area contributed by atoms with Crippen LogP contribution >= 0.6 is 0 Å². The number of aromatic nitrogens is 2. The van der Waals surface area contributed by atoms with Crippen LogP contribution in [0.5, 0.6) is 11.5 Å². The molecule has 3 aromatic carbocycles. The normalized spacial score (nSPS) is 10.9. The molecule has 6 nitrogen and oxygen atoms in total. The summed E-state index contributed by atoms with van der Waals surface area (Å²) in [7, 11) is 1.60. The molecule has 0 aliphatic rings. The Labute approximate surface area is 155 Å². The maximum atomic E-state index is 10.9. The fraction of sp³-hybridized carbons (Fsp3) is 0.0476. The van der Waals surface area contributed by atoms with Gasteiger partial charge in [-0.15, -0.1) is 0 Å². The molecule has 0 bridgehead atoms. The van der Waals surface area contributed by atoms with E-state index in [2.05, 4.69) is 9.97 Å². The zero-order valence-electron chi connectivity index (χ0n) is 14.7. The molecule has 1 aromatic heterocycles. The molecule has 0 spiro atoms. The molecular weight excluding hydrogens is 340 g/mol. The molecule has 0 fully saturated rings. The van der Waals surface area contributed by atoms with E-state index >= 15 is 0 Å². The van der Waals surface area contributed by atoms with Crippen molar-refractivity contribution in [3.63, 3.8) is 0 Å². The number of nitrogens with two attached hydrogens (primary N) is 1. The number of benzene rings is 3. The third-order valence-corrected chi connectivity index (χ3v) is 4.48. The fourth-order valence-corrected chi connectivity index (χ4v) is 3.12. The fourth-order valence-electron chi connectivity index (χ4n) is 3.12. The van der Waals surface area contributed by atoms with Crippen molar-refractivity contribution in [2.45, 2.75) is 0 Å². The number of aromatic amines is 1. The monoisotopic (exact) mass is 358 g/mol. The van der Waals surface area contributed by atoms with E-state index in [9.17, 15) is 5.11 Å². The highest BCUT2D eigenvalue weighted by atomic mass is 16.5. The van der Waals surface area contributed by atoms with Crippen molar-refractivity contribution in [1.29, 1.82) is 5.41 Å². The molecule has 0 aliphatic heterocycles. The molecule has 0 saturated heterocycles. The van der Waals surface area contributed by atoms with E-state index in [4.69, 9.17) is 15.9 Å². The second-order valence-corrected chi connectivity index (χ2v) is 6.13. The van der Waals surface area contributed by atoms with Gasteiger partial charge >= 0.3 is 0 Å². The van der Waals surface area contributed by atoms with E-state index < -0.39 is 0 Å². The molecule has 27 heavy (non-hydrogen) atoms. The summed E-state index contributed by atoms with van der Waals surface area (Å²) < 4.78 is 5.42. The topological polar surface area (TPSA) is 108 Å². The van der Waals surface area contributed by atoms with Crippen molar-refractivity contribution in [1.82, 2.24) is 9.97 Å². The molecule has 6 heteroatoms. The minimum atomic E-state index is -0.00549. The lowest BCUT2D eigenvalue weighted by Gasteiger charge is -2.12. The van der Waals surface area contributed by atoms with Gasteiger partial charge in [0.05, 0.1) is 23.7 Å². The Morgan fingerprint density at radius 3 is 2.56 bits per heavy atom. The lowest BCUT2D eigenvalue weighted by atomic mass is 10.00. The number of hydrogen-bond donors (Lipinski definition) is 4. The van der Waals surface area contributed by atoms with Crippen LogP contribution in [0.25, 0.3) is 33.5 Å². The van der Waals surface area contributed by atoms with Gasteiger partial charge in [-0.2, -0.15) is 0 Å². The van der Waals surface area contributed by atoms with Crippen molar-refractivity contribution >= 4 is 16.9 Å². The molecule has 4 rings (SSSR count). The van der Waals surface area contributed by atoms with Crippen molar-refractivity contribution in [3.8, 4) is 34.0 Å². The van der Waals surface area contributed by atoms with E-state index in [1.165, 1.54) is 0 Å². The third kappa shape index (κ3) is 2.87. The molecule has 0 aliphatic carbocycles. The molecule has 0 unspecified atom stereocenters. The standard InChI is InChI=1S/C21H18N4O2/c1-27-18-8-3-2-5-13(18)14-6-4-7-15(19(14)26)21-24-16-10-9-12(20(22)23)11-17(16)25-21/h2-11,26H,1H3,(H3,22,23)(H,24,25). The SMILES string of the molecule is COc1ccccc1-c1cccc(-c2nc3ccc(C(=N)N)cc3[nH]2)c1O. The predicted octanol–water partition coefficient (Wildman–Crippen LogP) is 3.90. The predicted molar refractivity (Wildman–Crippen MR) is 106 cm³/mol. The Balaban J connectivity index is 1.86. The summed E-state index contributed by atoms with van der Waals surface area (Å²) in [4.78, 5) is 7.76. The molecule has 0 saturated carbocycles. The van der Waals surface area contributed by atoms with Gasteiger partial charge in [-0.1, -0.05) is 30.3 Å². The molecular formula is C21H18N4O2. The first-order valence-electron chi connectivity index (χ1n) is 8.38. The molecule has 4 aromatic rings. The van der Waals surface area contributed by atoms with Gasteiger partial charge in [-0.3, -0.25) is 5.41 Å². The maximum absolute atomic E-state index is 10.9. The Kier molecular flexibility index (Phi) is 4.01. The van der Waals surface area contributed by atoms with Gasteiger partial charge in [0, 0.05) is 16.7 Å². The number of hydrogen-bond acceptors (Lipinski definition) is 4. The van der Waals surface area contributed by atoms with E-state index in [1.807, 2.05) is 36.4 Å². The van der Waals surface area contributed by atoms with Crippen molar-refractivity contribution in [2.24, 2.45) is 5.73 Å². The number of nitrogens with zero attached hydrogens (tertiary/aromatic N) is 1. The highest BCUT2D eigenvalue weighted by molar-refractivity contribution is 5.98. The van der Waals surface area contributed by atoms with Gasteiger partial charge in [-0.05, 0) is 30.3 Å². The average Bonchev–Trinajstić information content (AvgIpc) is 3.11. The number of fused-ring (bicyclic) bond motifs is 1. The summed E-state index contributed by atoms with van der Waals surface area (Å²) in [5.41, 5.74) is 9.70. The van der Waals surface area contributed by atoms with Gasteiger partial charge in [0.2, 0.25) is 0 Å². The number of para-hydroxylation sites is 2. The molecule has 0 amide bonds. The Morgan fingerprint density at radius 2 is 1.78 bits per heavy atom. The average molecular weight is 358 g/mol. The van der Waals surface area contributed by atoms with E-state index in [0.29, 0.717) is 28.3 Å². The first kappa shape index (κ1) is 16.7. The number of ether oxygens (including phenoxy) is 1. The molecule has 1 heterocycles. The van der Waals surface area contributed by atoms with Crippen molar-refractivity contribution in [3.05, 3.63) is 66.2 Å². The Morgan fingerprint density at radius 1 is 1.04 bits per heavy atom. The number of H-pyrrole nitrogens is 1. The van der Waals surface area contributed by atoms with Gasteiger partial charge in [0.25, 0.3) is 0 Å². The summed E-state index contributed by atoms with van der Waals surface area (Å²) in [6.07, 6.45) is 0. The van der Waals surface area contributed by atoms with Crippen LogP contribution in [-0.4, -0.2) is 28.0 Å². The van der Waals surface area contributed by atoms with Gasteiger partial charge in [0.15, 0.2) is 0 Å². The number of imidazole rings is 1. The summed E-state index contributed by atoms with van der Waals surface area (Å²) >= 11 is 0. The summed E-state index contributed by atoms with van der Waals surface area (Å²) in [6, 6.07) is 18.4. The van der Waals surface area contributed by atoms with Gasteiger partial charge < -0.3 is 20.6 Å². The Hall–Kier alpha value is -3.80. The van der Waals surface area contributed by atoms with Crippen molar-refractivity contribution < 1.29 is 9.84 Å². The smallest absolute Gasteiger partial charge is 0.142 e. The minimum absolute atomic E-state index is 0.00549. The van der Waals surface area contributed by atoms with E-state index in [0.717, 1.165) is 16.6 Å². The van der Waals surface area contributed by atoms with E-state index in [-0.39, 0.29) is 11.6 Å². The van der Waals surface area contributed by atoms with Crippen LogP contribution in [-0.2, 0) is 0 Å². The van der Waals surface area contributed by atoms with Crippen LogP contribution < -0.4 is 10.5 Å². The molecule has 0 atom stereocenters. The lowest BCUT2D eigenvalue weighted by Crippen LogP contribution is -2.10. The largest absolute Gasteiger partial charge is 0.507 e. The number of methoxy groups -OCH3 is 1.